The molecule has 1 unspecified atom stereocenters. The van der Waals surface area contributed by atoms with E-state index in [1.165, 1.54) is 23.3 Å². The molecule has 0 bridgehead atoms. The van der Waals surface area contributed by atoms with Crippen LogP contribution >= 0.6 is 0 Å². The van der Waals surface area contributed by atoms with Crippen molar-refractivity contribution in [3.05, 3.63) is 191 Å². The van der Waals surface area contributed by atoms with Crippen LogP contribution in [0.1, 0.15) is 58.3 Å². The molecular weight excluding hydrogens is 1260 g/mol. The van der Waals surface area contributed by atoms with Crippen LogP contribution in [0.2, 0.25) is 0 Å². The van der Waals surface area contributed by atoms with E-state index in [0.29, 0.717) is 85.7 Å². The predicted molar refractivity (Wildman–Crippen MR) is 373 cm³/mol. The maximum absolute atomic E-state index is 13.8. The van der Waals surface area contributed by atoms with E-state index in [-0.39, 0.29) is 37.2 Å². The van der Waals surface area contributed by atoms with Crippen LogP contribution in [-0.4, -0.2) is 198 Å². The summed E-state index contributed by atoms with van der Waals surface area (Å²) in [7, 11) is 0. The Morgan fingerprint density at radius 2 is 0.847 bits per heavy atom. The number of hydrogen-bond donors (Lipinski definition) is 7. The zero-order chi connectivity index (χ0) is 69.0. The van der Waals surface area contributed by atoms with Crippen LogP contribution in [0.25, 0.3) is 0 Å². The molecule has 9 aromatic rings. The summed E-state index contributed by atoms with van der Waals surface area (Å²) in [4.78, 5) is 53.3. The number of anilines is 9. The molecule has 0 aliphatic carbocycles. The van der Waals surface area contributed by atoms with Gasteiger partial charge in [-0.2, -0.15) is 58.0 Å². The van der Waals surface area contributed by atoms with Gasteiger partial charge < -0.3 is 60.5 Å². The first-order valence-corrected chi connectivity index (χ1v) is 32.8. The number of aliphatic hydroxyl groups excluding tert-OH is 4. The van der Waals surface area contributed by atoms with Gasteiger partial charge in [-0.05, 0) is 136 Å². The van der Waals surface area contributed by atoms with Gasteiger partial charge in [-0.25, -0.2) is 0 Å². The molecule has 1 atom stereocenters. The highest BCUT2D eigenvalue weighted by atomic mass is 19.4. The molecule has 6 heterocycles. The fourth-order valence-corrected chi connectivity index (χ4v) is 11.2. The summed E-state index contributed by atoms with van der Waals surface area (Å²) >= 11 is 0. The van der Waals surface area contributed by atoms with Gasteiger partial charge in [0.25, 0.3) is 0 Å². The number of aliphatic hydroxyl groups is 4. The SMILES string of the molecule is Cc1nc(Nc2ccc(Cc3ccc(C(C)O)cc3)cc2)nc(N2CCN(CCO)CC2)n1.Cc1nc(Nc2ccc(Oc3ccccc3)c(C(F)(F)F)c2)nc(N2CCN(CCO)CC2)n1.Cc1nc(Nc2ccc(Oc3ccccc3)cc2C)nc(N2CCN(CCO)CC2)n1. The van der Waals surface area contributed by atoms with Crippen LogP contribution in [0.3, 0.4) is 0 Å². The van der Waals surface area contributed by atoms with Crippen molar-refractivity contribution in [2.45, 2.75) is 53.3 Å². The lowest BCUT2D eigenvalue weighted by Gasteiger charge is -2.34. The Kier molecular flexibility index (Phi) is 25.0. The highest BCUT2D eigenvalue weighted by molar-refractivity contribution is 5.62. The minimum atomic E-state index is -4.61. The summed E-state index contributed by atoms with van der Waals surface area (Å²) in [5, 5.41) is 46.5. The Morgan fingerprint density at radius 1 is 0.439 bits per heavy atom. The van der Waals surface area contributed by atoms with Crippen LogP contribution in [0.4, 0.5) is 65.9 Å². The number of aromatic nitrogens is 9. The molecule has 3 saturated heterocycles. The van der Waals surface area contributed by atoms with Crippen molar-refractivity contribution in [3.8, 4) is 23.0 Å². The summed E-state index contributed by atoms with van der Waals surface area (Å²) in [6, 6.07) is 44.0. The number of hydrogen-bond acceptors (Lipinski definition) is 24. The standard InChI is InChI=1S/C25H32N6O2.C23H25F3N6O2.C23H28N6O2/c1-18(33)22-7-3-20(4-8-22)17-21-5-9-23(10-6-21)28-24-26-19(2)27-25(29-24)31-13-11-30(12-14-31)15-16-32;1-16-27-21(30-22(28-16)32-11-9-31(10-12-32)13-14-33)29-17-7-8-20(19(15-17)23(24,25)26)34-18-5-3-2-4-6-18;1-17-16-20(31-19-6-4-3-5-7-19)8-9-21(17)26-22-24-18(2)25-23(27-22)29-12-10-28(11-13-29)14-15-30/h3-10,18,32-33H,11-17H2,1-2H3,(H,26,27,28,29);2-8,15,33H,9-14H2,1H3,(H,27,28,29,30);3-9,16,30H,10-15H2,1-2H3,(H,24,25,26,27). The van der Waals surface area contributed by atoms with Crippen LogP contribution < -0.4 is 40.1 Å². The molecule has 7 N–H and O–H groups in total. The molecule has 24 nitrogen and oxygen atoms in total. The summed E-state index contributed by atoms with van der Waals surface area (Å²) in [5.41, 5.74) is 5.49. The van der Waals surface area contributed by atoms with E-state index < -0.39 is 17.8 Å². The predicted octanol–water partition coefficient (Wildman–Crippen LogP) is 9.67. The highest BCUT2D eigenvalue weighted by Crippen LogP contribution is 2.40. The zero-order valence-corrected chi connectivity index (χ0v) is 55.8. The number of β-amino-alcohol motifs (C(OH)–C–C–N with tert-alkyl or cyclic N) is 3. The van der Waals surface area contributed by atoms with Crippen molar-refractivity contribution in [1.82, 2.24) is 59.6 Å². The number of nitrogens with zero attached hydrogens (tertiary/aromatic N) is 15. The fraction of sp³-hybridized carbons (Fsp3) is 0.366. The van der Waals surface area contributed by atoms with Crippen molar-refractivity contribution < 1.29 is 43.1 Å². The number of piperazine rings is 3. The normalized spacial score (nSPS) is 14.9. The van der Waals surface area contributed by atoms with Gasteiger partial charge in [0, 0.05) is 115 Å². The zero-order valence-electron chi connectivity index (χ0n) is 55.8. The Bertz CT molecular complexity index is 3960. The van der Waals surface area contributed by atoms with Gasteiger partial charge >= 0.3 is 6.18 Å². The second kappa shape index (κ2) is 34.5. The molecule has 98 heavy (non-hydrogen) atoms. The molecule has 27 heteroatoms. The molecule has 0 spiro atoms. The maximum atomic E-state index is 13.8. The van der Waals surface area contributed by atoms with Crippen molar-refractivity contribution in [1.29, 1.82) is 0 Å². The molecule has 6 aromatic carbocycles. The van der Waals surface area contributed by atoms with E-state index in [2.05, 4.69) is 110 Å². The molecule has 3 aliphatic heterocycles. The smallest absolute Gasteiger partial charge is 0.420 e. The number of benzene rings is 6. The first kappa shape index (κ1) is 71.0. The minimum Gasteiger partial charge on any atom is -0.457 e. The number of para-hydroxylation sites is 2. The number of halogens is 3. The number of nitrogens with one attached hydrogen (secondary N) is 3. The van der Waals surface area contributed by atoms with Gasteiger partial charge in [0.05, 0.1) is 25.9 Å². The van der Waals surface area contributed by atoms with Gasteiger partial charge in [0.1, 0.15) is 46.0 Å². The van der Waals surface area contributed by atoms with Gasteiger partial charge in [0.15, 0.2) is 0 Å². The Hall–Kier alpha value is -9.74. The van der Waals surface area contributed by atoms with E-state index in [0.717, 1.165) is 112 Å². The lowest BCUT2D eigenvalue weighted by Crippen LogP contribution is -2.47. The summed E-state index contributed by atoms with van der Waals surface area (Å²) in [6.45, 7) is 21.5. The molecule has 3 aliphatic rings. The van der Waals surface area contributed by atoms with E-state index in [4.69, 9.17) is 24.8 Å². The summed E-state index contributed by atoms with van der Waals surface area (Å²) in [6.07, 6.45) is -4.23. The quantitative estimate of drug-likeness (QED) is 0.0333. The maximum Gasteiger partial charge on any atom is 0.420 e. The van der Waals surface area contributed by atoms with E-state index in [1.54, 1.807) is 44.2 Å². The lowest BCUT2D eigenvalue weighted by molar-refractivity contribution is -0.138. The molecule has 0 radical (unpaired) electrons. The molecular formula is C71H85F3N18O6. The van der Waals surface area contributed by atoms with Crippen LogP contribution in [-0.2, 0) is 12.6 Å². The molecule has 516 valence electrons. The number of rotatable bonds is 22. The van der Waals surface area contributed by atoms with Crippen molar-refractivity contribution >= 4 is 52.8 Å². The fourth-order valence-electron chi connectivity index (χ4n) is 11.2. The van der Waals surface area contributed by atoms with Gasteiger partial charge in [0.2, 0.25) is 35.7 Å². The van der Waals surface area contributed by atoms with Gasteiger partial charge in [-0.3, -0.25) is 14.7 Å². The van der Waals surface area contributed by atoms with Crippen LogP contribution in [0, 0.1) is 27.7 Å². The molecule has 12 rings (SSSR count). The first-order chi connectivity index (χ1) is 47.4. The monoisotopic (exact) mass is 1340 g/mol. The first-order valence-electron chi connectivity index (χ1n) is 32.8. The molecule has 0 amide bonds. The largest absolute Gasteiger partial charge is 0.457 e. The number of alkyl halides is 3. The topological polar surface area (TPSA) is 271 Å². The Balaban J connectivity index is 0.000000159. The lowest BCUT2D eigenvalue weighted by atomic mass is 10.0. The van der Waals surface area contributed by atoms with Crippen molar-refractivity contribution in [3.63, 3.8) is 0 Å². The van der Waals surface area contributed by atoms with Crippen LogP contribution in [0.15, 0.2) is 146 Å². The van der Waals surface area contributed by atoms with E-state index >= 15 is 0 Å². The molecule has 3 aromatic heterocycles. The Labute approximate surface area is 568 Å². The third-order valence-corrected chi connectivity index (χ3v) is 16.4. The summed E-state index contributed by atoms with van der Waals surface area (Å²) < 4.78 is 52.6. The van der Waals surface area contributed by atoms with Crippen LogP contribution in [0.5, 0.6) is 23.0 Å². The van der Waals surface area contributed by atoms with Crippen molar-refractivity contribution in [2.75, 3.05) is 149 Å². The Morgan fingerprint density at radius 3 is 1.27 bits per heavy atom. The minimum absolute atomic E-state index is 0.105. The summed E-state index contributed by atoms with van der Waals surface area (Å²) in [5.74, 6) is 6.45. The molecule has 3 fully saturated rings. The third kappa shape index (κ3) is 20.9. The third-order valence-electron chi connectivity index (χ3n) is 16.4. The second-order valence-electron chi connectivity index (χ2n) is 23.9. The number of aryl methyl sites for hydroxylation is 4. The van der Waals surface area contributed by atoms with Gasteiger partial charge in [-0.15, -0.1) is 0 Å². The second-order valence-corrected chi connectivity index (χ2v) is 23.9. The van der Waals surface area contributed by atoms with E-state index in [9.17, 15) is 18.3 Å². The van der Waals surface area contributed by atoms with Crippen molar-refractivity contribution in [2.24, 2.45) is 0 Å². The average molecular weight is 1340 g/mol. The average Bonchev–Trinajstić information content (AvgIpc) is 0.856. The molecule has 0 saturated carbocycles. The highest BCUT2D eigenvalue weighted by Gasteiger charge is 2.35. The number of ether oxygens (including phenoxy) is 2. The van der Waals surface area contributed by atoms with Gasteiger partial charge in [-0.1, -0.05) is 72.8 Å². The van der Waals surface area contributed by atoms with E-state index in [1.807, 2.05) is 98.5 Å².